The summed E-state index contributed by atoms with van der Waals surface area (Å²) in [5.74, 6) is -1.05. The van der Waals surface area contributed by atoms with Crippen molar-refractivity contribution in [3.63, 3.8) is 0 Å². The molecule has 126 valence electrons. The van der Waals surface area contributed by atoms with Gasteiger partial charge in [-0.1, -0.05) is 42.5 Å². The first kappa shape index (κ1) is 17.6. The van der Waals surface area contributed by atoms with Crippen LogP contribution >= 0.6 is 0 Å². The fourth-order valence-electron chi connectivity index (χ4n) is 2.10. The first-order chi connectivity index (χ1) is 11.5. The topological polar surface area (TPSA) is 78.4 Å². The Morgan fingerprint density at radius 2 is 1.62 bits per heavy atom. The monoisotopic (exact) mass is 330 g/mol. The Labute approximate surface area is 139 Å². The molecule has 0 aliphatic heterocycles. The third-order valence-corrected chi connectivity index (χ3v) is 3.40. The zero-order valence-corrected chi connectivity index (χ0v) is 13.0. The summed E-state index contributed by atoms with van der Waals surface area (Å²) in [6, 6.07) is 14.6. The van der Waals surface area contributed by atoms with Gasteiger partial charge in [-0.05, 0) is 23.3 Å². The predicted molar refractivity (Wildman–Crippen MR) is 87.5 cm³/mol. The van der Waals surface area contributed by atoms with Crippen molar-refractivity contribution in [2.24, 2.45) is 0 Å². The molecule has 0 saturated heterocycles. The molecule has 0 aliphatic rings. The third kappa shape index (κ3) is 5.81. The molecular weight excluding hydrogens is 311 g/mol. The number of carbonyl (C=O) groups is 2. The SMILES string of the molecule is O=C(CNC(=O)Cc1ccccc1)NCC(O)c1ccc(F)cc1. The van der Waals surface area contributed by atoms with Crippen LogP contribution in [-0.2, 0) is 16.0 Å². The van der Waals surface area contributed by atoms with E-state index in [1.807, 2.05) is 30.3 Å². The number of hydrogen-bond donors (Lipinski definition) is 3. The molecule has 24 heavy (non-hydrogen) atoms. The van der Waals surface area contributed by atoms with Gasteiger partial charge in [-0.25, -0.2) is 4.39 Å². The molecule has 5 nitrogen and oxygen atoms in total. The predicted octanol–water partition coefficient (Wildman–Crippen LogP) is 1.33. The van der Waals surface area contributed by atoms with E-state index in [9.17, 15) is 19.1 Å². The average Bonchev–Trinajstić information content (AvgIpc) is 2.59. The van der Waals surface area contributed by atoms with Gasteiger partial charge in [0.05, 0.1) is 19.1 Å². The lowest BCUT2D eigenvalue weighted by Crippen LogP contribution is -2.39. The molecule has 0 aromatic heterocycles. The number of halogens is 1. The Kier molecular flexibility index (Phi) is 6.45. The van der Waals surface area contributed by atoms with Gasteiger partial charge in [-0.3, -0.25) is 9.59 Å². The lowest BCUT2D eigenvalue weighted by atomic mass is 10.1. The van der Waals surface area contributed by atoms with E-state index in [2.05, 4.69) is 10.6 Å². The van der Waals surface area contributed by atoms with Gasteiger partial charge in [-0.2, -0.15) is 0 Å². The molecule has 0 heterocycles. The summed E-state index contributed by atoms with van der Waals surface area (Å²) in [5.41, 5.74) is 1.37. The maximum absolute atomic E-state index is 12.8. The zero-order valence-electron chi connectivity index (χ0n) is 13.0. The van der Waals surface area contributed by atoms with E-state index in [-0.39, 0.29) is 25.4 Å². The molecule has 6 heteroatoms. The molecule has 2 aromatic carbocycles. The Morgan fingerprint density at radius 1 is 0.958 bits per heavy atom. The van der Waals surface area contributed by atoms with Crippen molar-refractivity contribution in [1.82, 2.24) is 10.6 Å². The number of carbonyl (C=O) groups excluding carboxylic acids is 2. The Bertz CT molecular complexity index is 674. The summed E-state index contributed by atoms with van der Waals surface area (Å²) in [6.07, 6.45) is -0.735. The van der Waals surface area contributed by atoms with Crippen molar-refractivity contribution < 1.29 is 19.1 Å². The third-order valence-electron chi connectivity index (χ3n) is 3.40. The largest absolute Gasteiger partial charge is 0.387 e. The van der Waals surface area contributed by atoms with Crippen LogP contribution in [0.25, 0.3) is 0 Å². The van der Waals surface area contributed by atoms with Crippen molar-refractivity contribution >= 4 is 11.8 Å². The highest BCUT2D eigenvalue weighted by Crippen LogP contribution is 2.12. The van der Waals surface area contributed by atoms with Crippen LogP contribution in [0.3, 0.4) is 0 Å². The highest BCUT2D eigenvalue weighted by Gasteiger charge is 2.10. The number of rotatable bonds is 7. The minimum Gasteiger partial charge on any atom is -0.387 e. The van der Waals surface area contributed by atoms with E-state index in [0.717, 1.165) is 5.56 Å². The first-order valence-electron chi connectivity index (χ1n) is 7.55. The van der Waals surface area contributed by atoms with E-state index >= 15 is 0 Å². The number of benzene rings is 2. The van der Waals surface area contributed by atoms with Gasteiger partial charge in [0.15, 0.2) is 0 Å². The second-order valence-corrected chi connectivity index (χ2v) is 5.31. The van der Waals surface area contributed by atoms with E-state index in [1.165, 1.54) is 24.3 Å². The average molecular weight is 330 g/mol. The molecule has 2 amide bonds. The van der Waals surface area contributed by atoms with Crippen LogP contribution in [-0.4, -0.2) is 30.0 Å². The molecule has 2 aromatic rings. The van der Waals surface area contributed by atoms with E-state index in [4.69, 9.17) is 0 Å². The van der Waals surface area contributed by atoms with Crippen LogP contribution in [0.5, 0.6) is 0 Å². The minimum atomic E-state index is -0.936. The van der Waals surface area contributed by atoms with Crippen LogP contribution in [0.1, 0.15) is 17.2 Å². The molecule has 0 aliphatic carbocycles. The number of aliphatic hydroxyl groups is 1. The summed E-state index contributed by atoms with van der Waals surface area (Å²) in [6.45, 7) is -0.180. The quantitative estimate of drug-likeness (QED) is 0.717. The highest BCUT2D eigenvalue weighted by atomic mass is 19.1. The molecule has 0 fully saturated rings. The van der Waals surface area contributed by atoms with Gasteiger partial charge in [0.25, 0.3) is 0 Å². The van der Waals surface area contributed by atoms with Crippen LogP contribution in [0.2, 0.25) is 0 Å². The van der Waals surface area contributed by atoms with Crippen molar-refractivity contribution in [3.8, 4) is 0 Å². The summed E-state index contributed by atoms with van der Waals surface area (Å²) in [7, 11) is 0. The molecule has 1 unspecified atom stereocenters. The second kappa shape index (κ2) is 8.79. The fourth-order valence-corrected chi connectivity index (χ4v) is 2.10. The van der Waals surface area contributed by atoms with E-state index in [1.54, 1.807) is 0 Å². The van der Waals surface area contributed by atoms with E-state index in [0.29, 0.717) is 5.56 Å². The summed E-state index contributed by atoms with van der Waals surface area (Å²) < 4.78 is 12.8. The fraction of sp³-hybridized carbons (Fsp3) is 0.222. The smallest absolute Gasteiger partial charge is 0.239 e. The van der Waals surface area contributed by atoms with Gasteiger partial charge >= 0.3 is 0 Å². The number of nitrogens with one attached hydrogen (secondary N) is 2. The van der Waals surface area contributed by atoms with Gasteiger partial charge in [0.2, 0.25) is 11.8 Å². The zero-order chi connectivity index (χ0) is 17.4. The van der Waals surface area contributed by atoms with E-state index < -0.39 is 17.8 Å². The molecule has 2 rings (SSSR count). The molecule has 3 N–H and O–H groups in total. The Hall–Kier alpha value is -2.73. The van der Waals surface area contributed by atoms with Crippen LogP contribution in [0.4, 0.5) is 4.39 Å². The number of amides is 2. The van der Waals surface area contributed by atoms with Crippen molar-refractivity contribution in [2.75, 3.05) is 13.1 Å². The van der Waals surface area contributed by atoms with Gasteiger partial charge in [0.1, 0.15) is 5.82 Å². The van der Waals surface area contributed by atoms with Gasteiger partial charge in [0, 0.05) is 6.54 Å². The second-order valence-electron chi connectivity index (χ2n) is 5.31. The van der Waals surface area contributed by atoms with Crippen LogP contribution < -0.4 is 10.6 Å². The maximum atomic E-state index is 12.8. The van der Waals surface area contributed by atoms with Crippen molar-refractivity contribution in [2.45, 2.75) is 12.5 Å². The molecule has 1 atom stereocenters. The standard InChI is InChI=1S/C18H19FN2O3/c19-15-8-6-14(7-9-15)16(22)11-20-18(24)12-21-17(23)10-13-4-2-1-3-5-13/h1-9,16,22H,10-12H2,(H,20,24)(H,21,23). The van der Waals surface area contributed by atoms with Crippen LogP contribution in [0, 0.1) is 5.82 Å². The highest BCUT2D eigenvalue weighted by molar-refractivity contribution is 5.85. The summed E-state index contributed by atoms with van der Waals surface area (Å²) in [5, 5.41) is 14.9. The van der Waals surface area contributed by atoms with Crippen molar-refractivity contribution in [1.29, 1.82) is 0 Å². The first-order valence-corrected chi connectivity index (χ1v) is 7.55. The lowest BCUT2D eigenvalue weighted by molar-refractivity contribution is -0.126. The summed E-state index contributed by atoms with van der Waals surface area (Å²) >= 11 is 0. The van der Waals surface area contributed by atoms with Crippen molar-refractivity contribution in [3.05, 3.63) is 71.5 Å². The molecule has 0 bridgehead atoms. The Morgan fingerprint density at radius 3 is 2.29 bits per heavy atom. The normalized spacial score (nSPS) is 11.6. The Balaban J connectivity index is 1.69. The van der Waals surface area contributed by atoms with Crippen LogP contribution in [0.15, 0.2) is 54.6 Å². The molecule has 0 spiro atoms. The molecule has 0 saturated carbocycles. The maximum Gasteiger partial charge on any atom is 0.239 e. The molecule has 0 radical (unpaired) electrons. The number of hydrogen-bond acceptors (Lipinski definition) is 3. The van der Waals surface area contributed by atoms with Gasteiger partial charge in [-0.15, -0.1) is 0 Å². The number of aliphatic hydroxyl groups excluding tert-OH is 1. The summed E-state index contributed by atoms with van der Waals surface area (Å²) in [4.78, 5) is 23.4. The lowest BCUT2D eigenvalue weighted by Gasteiger charge is -2.12. The van der Waals surface area contributed by atoms with Gasteiger partial charge < -0.3 is 15.7 Å². The minimum absolute atomic E-state index is 0.0149. The molecular formula is C18H19FN2O3.